The molecular weight excluding hydrogens is 356 g/mol. The van der Waals surface area contributed by atoms with Crippen molar-refractivity contribution in [2.24, 2.45) is 0 Å². The third-order valence-electron chi connectivity index (χ3n) is 5.49. The molecule has 1 aliphatic carbocycles. The minimum Gasteiger partial charge on any atom is -0.378 e. The van der Waals surface area contributed by atoms with E-state index in [1.807, 2.05) is 43.3 Å². The fraction of sp³-hybridized carbons (Fsp3) is 0.429. The van der Waals surface area contributed by atoms with E-state index in [1.54, 1.807) is 11.3 Å². The first kappa shape index (κ1) is 18.0. The number of hydrogen-bond acceptors (Lipinski definition) is 4. The van der Waals surface area contributed by atoms with Crippen LogP contribution < -0.4 is 10.2 Å². The molecule has 2 atom stereocenters. The number of nitrogens with one attached hydrogen (secondary N) is 1. The zero-order valence-electron chi connectivity index (χ0n) is 16.1. The Morgan fingerprint density at radius 2 is 2.11 bits per heavy atom. The summed E-state index contributed by atoms with van der Waals surface area (Å²) in [5.74, 6) is 0.291. The Balaban J connectivity index is 1.55. The molecule has 2 aromatic heterocycles. The first-order valence-electron chi connectivity index (χ1n) is 9.54. The zero-order chi connectivity index (χ0) is 19.0. The molecule has 0 saturated heterocycles. The minimum absolute atomic E-state index is 0.00722. The Morgan fingerprint density at radius 1 is 1.30 bits per heavy atom. The molecule has 1 amide bonds. The van der Waals surface area contributed by atoms with Crippen molar-refractivity contribution < 1.29 is 4.79 Å². The fourth-order valence-electron chi connectivity index (χ4n) is 3.92. The van der Waals surface area contributed by atoms with Gasteiger partial charge in [-0.05, 0) is 38.0 Å². The number of aromatic nitrogens is 2. The molecule has 1 aromatic carbocycles. The highest BCUT2D eigenvalue weighted by molar-refractivity contribution is 7.15. The van der Waals surface area contributed by atoms with Crippen molar-refractivity contribution in [3.63, 3.8) is 0 Å². The lowest BCUT2D eigenvalue weighted by Gasteiger charge is -2.31. The lowest BCUT2D eigenvalue weighted by atomic mass is 9.82. The summed E-state index contributed by atoms with van der Waals surface area (Å²) in [4.78, 5) is 20.8. The van der Waals surface area contributed by atoms with E-state index in [-0.39, 0.29) is 17.9 Å². The summed E-state index contributed by atoms with van der Waals surface area (Å²) in [6.07, 6.45) is 6.58. The molecule has 2 heterocycles. The van der Waals surface area contributed by atoms with Crippen LogP contribution in [-0.2, 0) is 0 Å². The van der Waals surface area contributed by atoms with E-state index < -0.39 is 0 Å². The van der Waals surface area contributed by atoms with Crippen molar-refractivity contribution in [2.45, 2.75) is 44.6 Å². The van der Waals surface area contributed by atoms with Crippen LogP contribution in [0.25, 0.3) is 4.96 Å². The summed E-state index contributed by atoms with van der Waals surface area (Å²) in [6.45, 7) is 2.10. The maximum Gasteiger partial charge on any atom is 0.251 e. The normalized spacial score (nSPS) is 20.0. The van der Waals surface area contributed by atoms with Crippen molar-refractivity contribution in [1.29, 1.82) is 0 Å². The first-order valence-corrected chi connectivity index (χ1v) is 10.4. The molecule has 0 radical (unpaired) electrons. The van der Waals surface area contributed by atoms with Gasteiger partial charge in [0, 0.05) is 54.6 Å². The molecule has 5 nitrogen and oxygen atoms in total. The van der Waals surface area contributed by atoms with Gasteiger partial charge >= 0.3 is 0 Å². The predicted molar refractivity (Wildman–Crippen MR) is 111 cm³/mol. The Bertz CT molecular complexity index is 958. The average Bonchev–Trinajstić information content (AvgIpc) is 3.24. The van der Waals surface area contributed by atoms with E-state index in [4.69, 9.17) is 4.98 Å². The van der Waals surface area contributed by atoms with Crippen LogP contribution in [-0.4, -0.2) is 35.4 Å². The molecule has 1 aliphatic rings. The standard InChI is InChI=1S/C21H26N4OS/c1-14-13-27-21-23-19(12-25(14)21)17-9-4-5-10-18(17)22-20(26)15-7-6-8-16(11-15)24(2)3/h6-8,11-13,17-18H,4-5,9-10H2,1-3H3,(H,22,26). The third kappa shape index (κ3) is 3.58. The van der Waals surface area contributed by atoms with Gasteiger partial charge in [-0.25, -0.2) is 4.98 Å². The molecule has 1 saturated carbocycles. The number of imidazole rings is 1. The van der Waals surface area contributed by atoms with Crippen molar-refractivity contribution >= 4 is 27.9 Å². The van der Waals surface area contributed by atoms with Gasteiger partial charge in [-0.2, -0.15) is 0 Å². The van der Waals surface area contributed by atoms with Gasteiger partial charge in [-0.1, -0.05) is 18.9 Å². The third-order valence-corrected chi connectivity index (χ3v) is 6.45. The van der Waals surface area contributed by atoms with Gasteiger partial charge in [0.2, 0.25) is 0 Å². The Kier molecular flexibility index (Phi) is 4.91. The van der Waals surface area contributed by atoms with E-state index in [0.717, 1.165) is 35.6 Å². The number of amides is 1. The van der Waals surface area contributed by atoms with Crippen molar-refractivity contribution in [3.05, 3.63) is 52.8 Å². The second kappa shape index (κ2) is 7.35. The van der Waals surface area contributed by atoms with Crippen molar-refractivity contribution in [3.8, 4) is 0 Å². The maximum atomic E-state index is 12.9. The van der Waals surface area contributed by atoms with Crippen LogP contribution in [0.1, 0.15) is 53.3 Å². The average molecular weight is 383 g/mol. The van der Waals surface area contributed by atoms with E-state index in [9.17, 15) is 4.79 Å². The number of carbonyl (C=O) groups is 1. The van der Waals surface area contributed by atoms with E-state index in [2.05, 4.69) is 28.2 Å². The van der Waals surface area contributed by atoms with Crippen LogP contribution in [0, 0.1) is 6.92 Å². The summed E-state index contributed by atoms with van der Waals surface area (Å²) in [6, 6.07) is 7.92. The van der Waals surface area contributed by atoms with Crippen LogP contribution in [0.2, 0.25) is 0 Å². The van der Waals surface area contributed by atoms with Crippen molar-refractivity contribution in [2.75, 3.05) is 19.0 Å². The Morgan fingerprint density at radius 3 is 2.89 bits per heavy atom. The number of anilines is 1. The van der Waals surface area contributed by atoms with Gasteiger partial charge in [-0.3, -0.25) is 9.20 Å². The molecule has 27 heavy (non-hydrogen) atoms. The van der Waals surface area contributed by atoms with Gasteiger partial charge in [0.1, 0.15) is 0 Å². The SMILES string of the molecule is Cc1csc2nc(C3CCCCC3NC(=O)c3cccc(N(C)C)c3)cn12. The maximum absolute atomic E-state index is 12.9. The number of carbonyl (C=O) groups excluding carboxylic acids is 1. The molecule has 6 heteroatoms. The summed E-state index contributed by atoms with van der Waals surface area (Å²) >= 11 is 1.67. The van der Waals surface area contributed by atoms with Gasteiger partial charge in [0.15, 0.2) is 4.96 Å². The van der Waals surface area contributed by atoms with Crippen LogP contribution >= 0.6 is 11.3 Å². The number of fused-ring (bicyclic) bond motifs is 1. The molecule has 142 valence electrons. The lowest BCUT2D eigenvalue weighted by Crippen LogP contribution is -2.41. The zero-order valence-corrected chi connectivity index (χ0v) is 16.9. The van der Waals surface area contributed by atoms with Crippen LogP contribution in [0.5, 0.6) is 0 Å². The number of benzene rings is 1. The van der Waals surface area contributed by atoms with E-state index >= 15 is 0 Å². The van der Waals surface area contributed by atoms with E-state index in [1.165, 1.54) is 12.1 Å². The highest BCUT2D eigenvalue weighted by atomic mass is 32.1. The predicted octanol–water partition coefficient (Wildman–Crippen LogP) is 4.23. The van der Waals surface area contributed by atoms with Gasteiger partial charge in [-0.15, -0.1) is 11.3 Å². The Hall–Kier alpha value is -2.34. The molecule has 1 N–H and O–H groups in total. The molecule has 0 spiro atoms. The summed E-state index contributed by atoms with van der Waals surface area (Å²) in [5.41, 5.74) is 4.07. The fourth-order valence-corrected chi connectivity index (χ4v) is 4.78. The monoisotopic (exact) mass is 382 g/mol. The largest absolute Gasteiger partial charge is 0.378 e. The molecular formula is C21H26N4OS. The number of thiazole rings is 1. The molecule has 4 rings (SSSR count). The van der Waals surface area contributed by atoms with Gasteiger partial charge < -0.3 is 10.2 Å². The molecule has 0 bridgehead atoms. The van der Waals surface area contributed by atoms with E-state index in [0.29, 0.717) is 5.56 Å². The summed E-state index contributed by atoms with van der Waals surface area (Å²) < 4.78 is 2.16. The van der Waals surface area contributed by atoms with Crippen LogP contribution in [0.3, 0.4) is 0 Å². The second-order valence-corrected chi connectivity index (χ2v) is 8.45. The molecule has 3 aromatic rings. The van der Waals surface area contributed by atoms with Crippen molar-refractivity contribution in [1.82, 2.24) is 14.7 Å². The number of nitrogens with zero attached hydrogens (tertiary/aromatic N) is 3. The molecule has 1 fully saturated rings. The highest BCUT2D eigenvalue weighted by Crippen LogP contribution is 2.34. The lowest BCUT2D eigenvalue weighted by molar-refractivity contribution is 0.0920. The van der Waals surface area contributed by atoms with Crippen LogP contribution in [0.4, 0.5) is 5.69 Å². The van der Waals surface area contributed by atoms with Gasteiger partial charge in [0.05, 0.1) is 5.69 Å². The quantitative estimate of drug-likeness (QED) is 0.735. The Labute approximate surface area is 164 Å². The van der Waals surface area contributed by atoms with Gasteiger partial charge in [0.25, 0.3) is 5.91 Å². The van der Waals surface area contributed by atoms with Crippen LogP contribution in [0.15, 0.2) is 35.8 Å². The minimum atomic E-state index is 0.00722. The highest BCUT2D eigenvalue weighted by Gasteiger charge is 2.30. The summed E-state index contributed by atoms with van der Waals surface area (Å²) in [7, 11) is 3.97. The second-order valence-electron chi connectivity index (χ2n) is 7.61. The summed E-state index contributed by atoms with van der Waals surface area (Å²) in [5, 5.41) is 5.43. The first-order chi connectivity index (χ1) is 13.0. The smallest absolute Gasteiger partial charge is 0.251 e. The number of hydrogen-bond donors (Lipinski definition) is 1. The molecule has 2 unspecified atom stereocenters. The topological polar surface area (TPSA) is 49.6 Å². The number of aryl methyl sites for hydroxylation is 1. The number of rotatable bonds is 4. The molecule has 0 aliphatic heterocycles.